The van der Waals surface area contributed by atoms with E-state index in [4.69, 9.17) is 52.4 Å². The first kappa shape index (κ1) is 28.5. The molecule has 2 rings (SSSR count). The van der Waals surface area contributed by atoms with E-state index in [-0.39, 0.29) is 0 Å². The van der Waals surface area contributed by atoms with Crippen molar-refractivity contribution < 1.29 is 82.0 Å². The zero-order valence-electron chi connectivity index (χ0n) is 15.3. The predicted octanol–water partition coefficient (Wildman–Crippen LogP) is -9.00. The maximum atomic E-state index is 8.49. The fraction of sp³-hybridized carbons (Fsp3) is 0.143. The molecule has 0 spiro atoms. The van der Waals surface area contributed by atoms with Crippen molar-refractivity contribution in [2.45, 2.75) is 13.5 Å². The molecule has 15 nitrogen and oxygen atoms in total. The molecule has 172 valence electrons. The molecule has 0 amide bonds. The van der Waals surface area contributed by atoms with Gasteiger partial charge in [0, 0.05) is 35.4 Å². The van der Waals surface area contributed by atoms with Crippen molar-refractivity contribution >= 4 is 12.4 Å². The number of hydrogen-bond acceptors (Lipinski definition) is 13. The van der Waals surface area contributed by atoms with Crippen LogP contribution in [0.5, 0.6) is 0 Å². The van der Waals surface area contributed by atoms with Crippen molar-refractivity contribution in [1.82, 2.24) is 0 Å². The molecule has 0 aromatic carbocycles. The minimum atomic E-state index is -4.94. The van der Waals surface area contributed by atoms with Crippen LogP contribution in [-0.2, 0) is 18.2 Å². The summed E-state index contributed by atoms with van der Waals surface area (Å²) >= 11 is 0. The molecule has 17 heteroatoms. The fourth-order valence-electron chi connectivity index (χ4n) is 1.67. The highest BCUT2D eigenvalue weighted by Crippen LogP contribution is 1.91. The van der Waals surface area contributed by atoms with E-state index in [2.05, 4.69) is 10.3 Å². The lowest BCUT2D eigenvalue weighted by molar-refractivity contribution is -2.00. The molecule has 2 heterocycles. The standard InChI is InChI=1S/C14H14N4O3.2ClHO4/c19-15-9-13-1-5-17(6-2-13)11-21-12-18-7-3-14(4-8-18)10-16-20;2*2-1(3,4)5/h1-10H,11-12H2;2*(H,2,3,4,5). The molecule has 2 aromatic rings. The van der Waals surface area contributed by atoms with Gasteiger partial charge in [-0.05, 0) is 0 Å². The van der Waals surface area contributed by atoms with Gasteiger partial charge in [-0.2, -0.15) is 9.13 Å². The molecule has 0 bridgehead atoms. The van der Waals surface area contributed by atoms with Crippen molar-refractivity contribution in [1.29, 1.82) is 0 Å². The number of aromatic nitrogens is 2. The van der Waals surface area contributed by atoms with Crippen molar-refractivity contribution in [3.05, 3.63) is 60.2 Å². The van der Waals surface area contributed by atoms with Crippen LogP contribution in [-0.4, -0.2) is 22.8 Å². The fourth-order valence-corrected chi connectivity index (χ4v) is 1.67. The predicted molar refractivity (Wildman–Crippen MR) is 73.1 cm³/mol. The summed E-state index contributed by atoms with van der Waals surface area (Å²) in [5.41, 5.74) is 1.62. The summed E-state index contributed by atoms with van der Waals surface area (Å²) in [7, 11) is -9.89. The van der Waals surface area contributed by atoms with E-state index >= 15 is 0 Å². The first-order chi connectivity index (χ1) is 14.3. The molecule has 0 fully saturated rings. The SMILES string of the molecule is O/N=C\c1cc[n+](COC[n+]2ccc(/C=N\O)cc2)cc1.[O-][Cl+3]([O-])([O-])[O-].[O-][Cl+3]([O-])([O-])[O-]. The number of rotatable bonds is 6. The quantitative estimate of drug-likeness (QED) is 0.167. The van der Waals surface area contributed by atoms with Gasteiger partial charge in [0.05, 0.1) is 12.4 Å². The lowest BCUT2D eigenvalue weighted by Crippen LogP contribution is -2.68. The van der Waals surface area contributed by atoms with Crippen LogP contribution in [0.25, 0.3) is 0 Å². The normalized spacial score (nSPS) is 11.6. The van der Waals surface area contributed by atoms with Gasteiger partial charge in [0.2, 0.25) is 0 Å². The zero-order valence-corrected chi connectivity index (χ0v) is 16.8. The Hall–Kier alpha value is -2.54. The molecule has 0 saturated carbocycles. The summed E-state index contributed by atoms with van der Waals surface area (Å²) in [6.07, 6.45) is 10.1. The second-order valence-corrected chi connectivity index (χ2v) is 6.51. The van der Waals surface area contributed by atoms with Crippen LogP contribution in [0.3, 0.4) is 0 Å². The van der Waals surface area contributed by atoms with Gasteiger partial charge >= 0.3 is 0 Å². The average Bonchev–Trinajstić information content (AvgIpc) is 2.62. The van der Waals surface area contributed by atoms with Gasteiger partial charge in [0.1, 0.15) is 0 Å². The molecule has 0 aliphatic heterocycles. The zero-order chi connectivity index (χ0) is 23.9. The molecule has 0 atom stereocenters. The van der Waals surface area contributed by atoms with E-state index in [0.717, 1.165) is 11.1 Å². The third-order valence-corrected chi connectivity index (χ3v) is 2.73. The highest BCUT2D eigenvalue weighted by molar-refractivity contribution is 5.78. The number of pyridine rings is 2. The topological polar surface area (TPSA) is 267 Å². The second-order valence-electron chi connectivity index (χ2n) is 5.00. The van der Waals surface area contributed by atoms with Gasteiger partial charge in [0.15, 0.2) is 24.8 Å². The smallest absolute Gasteiger partial charge is 0.257 e. The Morgan fingerprint density at radius 3 is 1.16 bits per heavy atom. The van der Waals surface area contributed by atoms with Crippen LogP contribution in [0.4, 0.5) is 0 Å². The third-order valence-electron chi connectivity index (χ3n) is 2.73. The average molecular weight is 487 g/mol. The maximum absolute atomic E-state index is 8.49. The lowest BCUT2D eigenvalue weighted by Gasteiger charge is -2.17. The van der Waals surface area contributed by atoms with E-state index in [1.165, 1.54) is 12.4 Å². The van der Waals surface area contributed by atoms with E-state index in [0.29, 0.717) is 13.5 Å². The van der Waals surface area contributed by atoms with Gasteiger partial charge in [-0.15, -0.1) is 20.5 Å². The number of nitrogens with zero attached hydrogens (tertiary/aromatic N) is 4. The van der Waals surface area contributed by atoms with Gasteiger partial charge in [-0.1, -0.05) is 10.3 Å². The molecule has 31 heavy (non-hydrogen) atoms. The van der Waals surface area contributed by atoms with Crippen molar-refractivity contribution in [2.75, 3.05) is 0 Å². The van der Waals surface area contributed by atoms with Crippen LogP contribution in [0.1, 0.15) is 11.1 Å². The van der Waals surface area contributed by atoms with Crippen LogP contribution in [0.15, 0.2) is 59.4 Å². The molecule has 0 aliphatic rings. The largest absolute Gasteiger partial charge is 0.411 e. The van der Waals surface area contributed by atoms with E-state index in [9.17, 15) is 0 Å². The summed E-state index contributed by atoms with van der Waals surface area (Å²) in [5.74, 6) is 0. The van der Waals surface area contributed by atoms with Crippen LogP contribution in [0.2, 0.25) is 0 Å². The Morgan fingerprint density at radius 2 is 0.935 bits per heavy atom. The number of halogens is 2. The molecule has 0 saturated heterocycles. The summed E-state index contributed by atoms with van der Waals surface area (Å²) in [4.78, 5) is 0. The van der Waals surface area contributed by atoms with E-state index < -0.39 is 20.5 Å². The highest BCUT2D eigenvalue weighted by Gasteiger charge is 2.04. The van der Waals surface area contributed by atoms with Crippen LogP contribution >= 0.6 is 0 Å². The number of ether oxygens (including phenoxy) is 1. The molecule has 0 radical (unpaired) electrons. The molecular weight excluding hydrogens is 471 g/mol. The van der Waals surface area contributed by atoms with Crippen LogP contribution < -0.4 is 46.4 Å². The number of hydrogen-bond donors (Lipinski definition) is 2. The van der Waals surface area contributed by atoms with Gasteiger partial charge < -0.3 is 10.4 Å². The van der Waals surface area contributed by atoms with Crippen molar-refractivity contribution in [3.8, 4) is 0 Å². The first-order valence-electron chi connectivity index (χ1n) is 7.46. The minimum Gasteiger partial charge on any atom is -0.411 e. The molecule has 0 unspecified atom stereocenters. The molecule has 0 aliphatic carbocycles. The maximum Gasteiger partial charge on any atom is 0.257 e. The van der Waals surface area contributed by atoms with Gasteiger partial charge in [0.25, 0.3) is 13.5 Å². The molecule has 2 aromatic heterocycles. The van der Waals surface area contributed by atoms with Crippen molar-refractivity contribution in [3.63, 3.8) is 0 Å². The Morgan fingerprint density at radius 1 is 0.677 bits per heavy atom. The van der Waals surface area contributed by atoms with E-state index in [1.807, 2.05) is 58.2 Å². The minimum absolute atomic E-state index is 0.406. The first-order valence-corrected chi connectivity index (χ1v) is 9.93. The highest BCUT2D eigenvalue weighted by atomic mass is 35.7. The summed E-state index contributed by atoms with van der Waals surface area (Å²) in [5, 5.41) is 22.8. The monoisotopic (exact) mass is 486 g/mol. The van der Waals surface area contributed by atoms with Gasteiger partial charge in [-0.3, -0.25) is 4.74 Å². The molecule has 2 N–H and O–H groups in total. The Balaban J connectivity index is 0.000000752. The van der Waals surface area contributed by atoms with Crippen molar-refractivity contribution in [2.24, 2.45) is 10.3 Å². The molecular formula is C14H16Cl2N4O11. The van der Waals surface area contributed by atoms with Crippen LogP contribution in [0, 0.1) is 20.5 Å². The van der Waals surface area contributed by atoms with Gasteiger partial charge in [-0.25, -0.2) is 37.3 Å². The van der Waals surface area contributed by atoms with E-state index in [1.54, 1.807) is 0 Å². The lowest BCUT2D eigenvalue weighted by atomic mass is 10.3. The summed E-state index contributed by atoms with van der Waals surface area (Å²) < 4.78 is 77.2. The second kappa shape index (κ2) is 14.5. The Bertz CT molecular complexity index is 714. The Kier molecular flexibility index (Phi) is 13.3. The summed E-state index contributed by atoms with van der Waals surface area (Å²) in [6, 6.07) is 7.27. The summed E-state index contributed by atoms with van der Waals surface area (Å²) in [6.45, 7) is 0.812. The Labute approximate surface area is 178 Å². The number of oxime groups is 2. The third kappa shape index (κ3) is 20.5.